The Bertz CT molecular complexity index is 1080. The number of benzene rings is 3. The smallest absolute Gasteiger partial charge is 0.0929 e. The number of hydrogen-bond donors (Lipinski definition) is 0. The van der Waals surface area contributed by atoms with Gasteiger partial charge < -0.3 is 0 Å². The molecule has 1 fully saturated rings. The lowest BCUT2D eigenvalue weighted by Gasteiger charge is -2.35. The van der Waals surface area contributed by atoms with Crippen LogP contribution >= 0.6 is 0 Å². The summed E-state index contributed by atoms with van der Waals surface area (Å²) in [7, 11) is 0. The maximum atomic E-state index is 5.11. The largest absolute Gasteiger partial charge is 0.294 e. The minimum Gasteiger partial charge on any atom is -0.294 e. The van der Waals surface area contributed by atoms with Crippen LogP contribution in [0.3, 0.4) is 0 Å². The second-order valence-electron chi connectivity index (χ2n) is 8.35. The van der Waals surface area contributed by atoms with Crippen molar-refractivity contribution in [1.82, 2.24) is 14.7 Å². The summed E-state index contributed by atoms with van der Waals surface area (Å²) >= 11 is 0. The molecule has 1 aliphatic rings. The van der Waals surface area contributed by atoms with Crippen LogP contribution in [0.15, 0.2) is 97.1 Å². The summed E-state index contributed by atoms with van der Waals surface area (Å²) < 4.78 is 2.23. The van der Waals surface area contributed by atoms with E-state index in [1.165, 1.54) is 36.1 Å². The fourth-order valence-corrected chi connectivity index (χ4v) is 4.65. The molecule has 1 unspecified atom stereocenters. The third-order valence-corrected chi connectivity index (χ3v) is 6.28. The molecular weight excluding hydrogens is 378 g/mol. The van der Waals surface area contributed by atoms with Gasteiger partial charge in [-0.3, -0.25) is 9.58 Å². The quantitative estimate of drug-likeness (QED) is 0.366. The van der Waals surface area contributed by atoms with Crippen molar-refractivity contribution in [3.05, 3.63) is 103 Å². The molecule has 3 nitrogen and oxygen atoms in total. The van der Waals surface area contributed by atoms with Gasteiger partial charge in [0.1, 0.15) is 0 Å². The Morgan fingerprint density at radius 1 is 0.677 bits per heavy atom. The van der Waals surface area contributed by atoms with Crippen molar-refractivity contribution in [2.45, 2.75) is 31.8 Å². The zero-order chi connectivity index (χ0) is 20.9. The normalized spacial score (nSPS) is 15.6. The molecule has 3 heteroatoms. The third kappa shape index (κ3) is 4.47. The van der Waals surface area contributed by atoms with Gasteiger partial charge in [0, 0.05) is 5.56 Å². The summed E-state index contributed by atoms with van der Waals surface area (Å²) in [5, 5.41) is 5.11. The minimum absolute atomic E-state index is 0.326. The first kappa shape index (κ1) is 19.8. The van der Waals surface area contributed by atoms with E-state index in [0.29, 0.717) is 6.04 Å². The summed E-state index contributed by atoms with van der Waals surface area (Å²) in [5.74, 6) is 0. The number of aromatic nitrogens is 2. The summed E-state index contributed by atoms with van der Waals surface area (Å²) in [6.07, 6.45) is 3.90. The van der Waals surface area contributed by atoms with E-state index in [1.54, 1.807) is 0 Å². The molecule has 1 saturated heterocycles. The van der Waals surface area contributed by atoms with Gasteiger partial charge in [0.15, 0.2) is 0 Å². The molecule has 1 atom stereocenters. The van der Waals surface area contributed by atoms with Gasteiger partial charge in [-0.2, -0.15) is 5.10 Å². The van der Waals surface area contributed by atoms with Crippen LogP contribution in [0.2, 0.25) is 0 Å². The van der Waals surface area contributed by atoms with Gasteiger partial charge in [0.05, 0.1) is 24.0 Å². The van der Waals surface area contributed by atoms with Crippen LogP contribution in [0, 0.1) is 0 Å². The van der Waals surface area contributed by atoms with Gasteiger partial charge in [-0.15, -0.1) is 0 Å². The average Bonchev–Trinajstić information content (AvgIpc) is 3.29. The highest BCUT2D eigenvalue weighted by atomic mass is 15.3. The lowest BCUT2D eigenvalue weighted by Crippen LogP contribution is -2.36. The van der Waals surface area contributed by atoms with Gasteiger partial charge in [-0.25, -0.2) is 0 Å². The van der Waals surface area contributed by atoms with E-state index in [4.69, 9.17) is 5.10 Å². The number of hydrogen-bond acceptors (Lipinski definition) is 2. The summed E-state index contributed by atoms with van der Waals surface area (Å²) in [5.41, 5.74) is 5.96. The van der Waals surface area contributed by atoms with Crippen molar-refractivity contribution in [1.29, 1.82) is 0 Å². The van der Waals surface area contributed by atoms with E-state index in [-0.39, 0.29) is 0 Å². The number of likely N-dealkylation sites (tertiary alicyclic amines) is 1. The molecule has 1 aromatic heterocycles. The number of nitrogens with zero attached hydrogens (tertiary/aromatic N) is 3. The Balaban J connectivity index is 1.56. The molecule has 5 rings (SSSR count). The van der Waals surface area contributed by atoms with Crippen LogP contribution in [-0.2, 0) is 6.54 Å². The van der Waals surface area contributed by atoms with Crippen molar-refractivity contribution in [3.63, 3.8) is 0 Å². The highest BCUT2D eigenvalue weighted by molar-refractivity contribution is 5.68. The Kier molecular flexibility index (Phi) is 5.94. The van der Waals surface area contributed by atoms with E-state index in [2.05, 4.69) is 107 Å². The first-order valence-electron chi connectivity index (χ1n) is 11.4. The molecule has 1 aliphatic heterocycles. The van der Waals surface area contributed by atoms with Crippen LogP contribution in [0.4, 0.5) is 0 Å². The second kappa shape index (κ2) is 9.32. The zero-order valence-corrected chi connectivity index (χ0v) is 17.9. The third-order valence-electron chi connectivity index (χ3n) is 6.28. The summed E-state index contributed by atoms with van der Waals surface area (Å²) in [6, 6.07) is 34.7. The van der Waals surface area contributed by atoms with E-state index < -0.39 is 0 Å². The molecule has 0 spiro atoms. The molecule has 2 heterocycles. The molecule has 0 saturated carbocycles. The summed E-state index contributed by atoms with van der Waals surface area (Å²) in [4.78, 5) is 2.65. The number of piperidine rings is 1. The van der Waals surface area contributed by atoms with Crippen molar-refractivity contribution < 1.29 is 0 Å². The number of rotatable bonds is 6. The Morgan fingerprint density at radius 2 is 1.26 bits per heavy atom. The van der Waals surface area contributed by atoms with Gasteiger partial charge in [0.25, 0.3) is 0 Å². The predicted molar refractivity (Wildman–Crippen MR) is 128 cm³/mol. The second-order valence-corrected chi connectivity index (χ2v) is 8.35. The fraction of sp³-hybridized carbons (Fsp3) is 0.250. The maximum absolute atomic E-state index is 5.11. The highest BCUT2D eigenvalue weighted by Gasteiger charge is 2.24. The van der Waals surface area contributed by atoms with Gasteiger partial charge >= 0.3 is 0 Å². The highest BCUT2D eigenvalue weighted by Crippen LogP contribution is 2.31. The summed E-state index contributed by atoms with van der Waals surface area (Å²) in [6.45, 7) is 3.17. The monoisotopic (exact) mass is 407 g/mol. The Labute approximate surface area is 185 Å². The molecule has 156 valence electrons. The van der Waals surface area contributed by atoms with Crippen LogP contribution < -0.4 is 0 Å². The van der Waals surface area contributed by atoms with Gasteiger partial charge in [0.2, 0.25) is 0 Å². The Morgan fingerprint density at radius 3 is 1.90 bits per heavy atom. The molecule has 0 bridgehead atoms. The van der Waals surface area contributed by atoms with Crippen LogP contribution in [0.1, 0.15) is 30.9 Å². The topological polar surface area (TPSA) is 21.1 Å². The molecule has 4 aromatic rings. The maximum Gasteiger partial charge on any atom is 0.0929 e. The van der Waals surface area contributed by atoms with Crippen molar-refractivity contribution >= 4 is 0 Å². The van der Waals surface area contributed by atoms with E-state index in [1.807, 2.05) is 0 Å². The van der Waals surface area contributed by atoms with Crippen LogP contribution in [0.5, 0.6) is 0 Å². The van der Waals surface area contributed by atoms with E-state index >= 15 is 0 Å². The molecule has 3 aromatic carbocycles. The first-order chi connectivity index (χ1) is 15.4. The van der Waals surface area contributed by atoms with Gasteiger partial charge in [-0.05, 0) is 43.1 Å². The predicted octanol–water partition coefficient (Wildman–Crippen LogP) is 6.44. The van der Waals surface area contributed by atoms with E-state index in [0.717, 1.165) is 30.9 Å². The SMILES string of the molecule is c1ccc(-c2cc(-c3ccccc3)n(CC(c3ccccc3)N3CCCCC3)n2)cc1. The van der Waals surface area contributed by atoms with Crippen molar-refractivity contribution in [2.24, 2.45) is 0 Å². The molecule has 0 amide bonds. The Hall–Kier alpha value is -3.17. The lowest BCUT2D eigenvalue weighted by molar-refractivity contribution is 0.146. The minimum atomic E-state index is 0.326. The van der Waals surface area contributed by atoms with Gasteiger partial charge in [-0.1, -0.05) is 97.4 Å². The molecular formula is C28H29N3. The first-order valence-corrected chi connectivity index (χ1v) is 11.4. The van der Waals surface area contributed by atoms with Crippen molar-refractivity contribution in [2.75, 3.05) is 13.1 Å². The van der Waals surface area contributed by atoms with Crippen molar-refractivity contribution in [3.8, 4) is 22.5 Å². The van der Waals surface area contributed by atoms with Crippen LogP contribution in [-0.4, -0.2) is 27.8 Å². The standard InChI is InChI=1S/C28H29N3/c1-5-13-23(14-6-1)26-21-27(24-15-7-2-8-16-24)31(29-26)22-28(25-17-9-3-10-18-25)30-19-11-4-12-20-30/h1-3,5-10,13-18,21,28H,4,11-12,19-20,22H2. The molecule has 0 radical (unpaired) electrons. The fourth-order valence-electron chi connectivity index (χ4n) is 4.65. The molecule has 0 aliphatic carbocycles. The zero-order valence-electron chi connectivity index (χ0n) is 17.9. The average molecular weight is 408 g/mol. The lowest BCUT2D eigenvalue weighted by atomic mass is 10.0. The molecule has 0 N–H and O–H groups in total. The van der Waals surface area contributed by atoms with E-state index in [9.17, 15) is 0 Å². The molecule has 31 heavy (non-hydrogen) atoms. The van der Waals surface area contributed by atoms with Crippen LogP contribution in [0.25, 0.3) is 22.5 Å².